The topological polar surface area (TPSA) is 125 Å². The minimum Gasteiger partial charge on any atom is -0.507 e. The Morgan fingerprint density at radius 1 is 1.09 bits per heavy atom. The second-order valence-electron chi connectivity index (χ2n) is 7.91. The molecule has 0 aliphatic heterocycles. The predicted molar refractivity (Wildman–Crippen MR) is 126 cm³/mol. The number of aryl methyl sites for hydroxylation is 2. The largest absolute Gasteiger partial charge is 0.507 e. The lowest BCUT2D eigenvalue weighted by atomic mass is 10.1. The molecule has 0 spiro atoms. The van der Waals surface area contributed by atoms with Crippen molar-refractivity contribution in [2.75, 3.05) is 5.32 Å². The monoisotopic (exact) mass is 480 g/mol. The third-order valence-corrected chi connectivity index (χ3v) is 5.83. The van der Waals surface area contributed by atoms with Crippen LogP contribution >= 0.6 is 11.6 Å². The Balaban J connectivity index is 1.53. The van der Waals surface area contributed by atoms with E-state index < -0.39 is 17.8 Å². The van der Waals surface area contributed by atoms with Crippen LogP contribution in [0.2, 0.25) is 5.02 Å². The van der Waals surface area contributed by atoms with Crippen molar-refractivity contribution in [3.8, 4) is 17.2 Å². The zero-order chi connectivity index (χ0) is 24.4. The molecule has 0 aromatic heterocycles. The molecule has 8 nitrogen and oxygen atoms in total. The Morgan fingerprint density at radius 3 is 2.59 bits per heavy atom. The number of aromatic hydroxyl groups is 1. The van der Waals surface area contributed by atoms with E-state index in [0.717, 1.165) is 18.4 Å². The van der Waals surface area contributed by atoms with Crippen LogP contribution in [-0.4, -0.2) is 28.0 Å². The molecule has 1 aliphatic carbocycles. The molecule has 0 bridgehead atoms. The van der Waals surface area contributed by atoms with Gasteiger partial charge in [-0.15, -0.1) is 0 Å². The lowest BCUT2D eigenvalue weighted by Gasteiger charge is -2.16. The van der Waals surface area contributed by atoms with Crippen LogP contribution in [0.15, 0.2) is 54.6 Å². The van der Waals surface area contributed by atoms with E-state index in [1.54, 1.807) is 6.92 Å². The number of benzene rings is 3. The van der Waals surface area contributed by atoms with E-state index in [4.69, 9.17) is 21.4 Å². The number of hydrogen-bond donors (Lipinski definition) is 4. The average Bonchev–Trinajstić information content (AvgIpc) is 3.20. The van der Waals surface area contributed by atoms with Gasteiger partial charge in [0.15, 0.2) is 0 Å². The summed E-state index contributed by atoms with van der Waals surface area (Å²) in [4.78, 5) is 35.1. The highest BCUT2D eigenvalue weighted by Gasteiger charge is 2.25. The average molecular weight is 481 g/mol. The summed E-state index contributed by atoms with van der Waals surface area (Å²) in [5.74, 6) is -2.91. The van der Waals surface area contributed by atoms with Crippen molar-refractivity contribution in [3.05, 3.63) is 81.9 Å². The number of halogens is 1. The number of fused-ring (bicyclic) bond motifs is 1. The Kier molecular flexibility index (Phi) is 6.43. The first-order valence-corrected chi connectivity index (χ1v) is 10.8. The Hall–Kier alpha value is -4.04. The smallest absolute Gasteiger partial charge is 0.394 e. The van der Waals surface area contributed by atoms with E-state index in [0.29, 0.717) is 5.56 Å². The number of aliphatic carboxylic acids is 1. The van der Waals surface area contributed by atoms with Crippen molar-refractivity contribution >= 4 is 35.1 Å². The van der Waals surface area contributed by atoms with Crippen LogP contribution in [0.25, 0.3) is 0 Å². The number of ether oxygens (including phenoxy) is 1. The molecule has 1 atom stereocenters. The number of carbonyl (C=O) groups is 3. The lowest BCUT2D eigenvalue weighted by molar-refractivity contribution is -0.147. The van der Waals surface area contributed by atoms with Gasteiger partial charge in [0.2, 0.25) is 0 Å². The first-order valence-electron chi connectivity index (χ1n) is 10.5. The van der Waals surface area contributed by atoms with Crippen molar-refractivity contribution in [2.24, 2.45) is 0 Å². The summed E-state index contributed by atoms with van der Waals surface area (Å²) >= 11 is 6.29. The fourth-order valence-electron chi connectivity index (χ4n) is 3.94. The lowest BCUT2D eigenvalue weighted by Crippen LogP contribution is -2.27. The van der Waals surface area contributed by atoms with Crippen molar-refractivity contribution in [1.29, 1.82) is 0 Å². The normalized spacial score (nSPS) is 14.2. The molecule has 0 saturated carbocycles. The summed E-state index contributed by atoms with van der Waals surface area (Å²) in [7, 11) is 0. The molecule has 2 amide bonds. The van der Waals surface area contributed by atoms with Crippen LogP contribution in [-0.2, 0) is 16.0 Å². The molecule has 9 heteroatoms. The number of phenols is 1. The second kappa shape index (κ2) is 9.44. The summed E-state index contributed by atoms with van der Waals surface area (Å²) in [5, 5.41) is 24.3. The quantitative estimate of drug-likeness (QED) is 0.396. The fraction of sp³-hybridized carbons (Fsp3) is 0.160. The van der Waals surface area contributed by atoms with Crippen LogP contribution in [0.4, 0.5) is 5.69 Å². The standard InChI is InChI=1S/C25H21ClN2O6/c1-13-10-15(27-24(31)25(32)33)11-19(26)22(13)34-16-7-9-21(29)18(12-16)23(30)28-20-8-6-14-4-2-3-5-17(14)20/h2-5,7,9-12,20,29H,6,8H2,1H3,(H,27,31)(H,28,30)(H,32,33). The van der Waals surface area contributed by atoms with Gasteiger partial charge < -0.3 is 25.6 Å². The molecule has 1 unspecified atom stereocenters. The Bertz CT molecular complexity index is 1280. The van der Waals surface area contributed by atoms with Gasteiger partial charge in [-0.2, -0.15) is 0 Å². The van der Waals surface area contributed by atoms with E-state index in [2.05, 4.69) is 10.6 Å². The fourth-order valence-corrected chi connectivity index (χ4v) is 4.24. The van der Waals surface area contributed by atoms with Gasteiger partial charge in [0, 0.05) is 5.69 Å². The molecule has 0 radical (unpaired) electrons. The maximum atomic E-state index is 12.9. The van der Waals surface area contributed by atoms with Crippen molar-refractivity contribution in [2.45, 2.75) is 25.8 Å². The first kappa shape index (κ1) is 23.1. The van der Waals surface area contributed by atoms with Gasteiger partial charge in [0.05, 0.1) is 16.6 Å². The van der Waals surface area contributed by atoms with Crippen LogP contribution in [0, 0.1) is 6.92 Å². The zero-order valence-electron chi connectivity index (χ0n) is 18.1. The number of hydrogen-bond acceptors (Lipinski definition) is 5. The predicted octanol–water partition coefficient (Wildman–Crippen LogP) is 4.59. The summed E-state index contributed by atoms with van der Waals surface area (Å²) in [6.45, 7) is 1.67. The molecule has 174 valence electrons. The highest BCUT2D eigenvalue weighted by molar-refractivity contribution is 6.37. The number of nitrogens with one attached hydrogen (secondary N) is 2. The summed E-state index contributed by atoms with van der Waals surface area (Å²) in [5.41, 5.74) is 3.04. The number of amides is 2. The van der Waals surface area contributed by atoms with E-state index in [-0.39, 0.29) is 39.6 Å². The highest BCUT2D eigenvalue weighted by atomic mass is 35.5. The van der Waals surface area contributed by atoms with Crippen LogP contribution in [0.3, 0.4) is 0 Å². The van der Waals surface area contributed by atoms with Gasteiger partial charge in [-0.1, -0.05) is 35.9 Å². The second-order valence-corrected chi connectivity index (χ2v) is 8.32. The number of carboxylic acids is 1. The van der Waals surface area contributed by atoms with Crippen molar-refractivity contribution in [3.63, 3.8) is 0 Å². The maximum Gasteiger partial charge on any atom is 0.394 e. The molecule has 0 saturated heterocycles. The van der Waals surface area contributed by atoms with Gasteiger partial charge in [-0.25, -0.2) is 4.79 Å². The molecule has 0 heterocycles. The summed E-state index contributed by atoms with van der Waals surface area (Å²) < 4.78 is 5.87. The van der Waals surface area contributed by atoms with Gasteiger partial charge in [-0.05, 0) is 66.8 Å². The maximum absolute atomic E-state index is 12.9. The van der Waals surface area contributed by atoms with Gasteiger partial charge >= 0.3 is 11.9 Å². The van der Waals surface area contributed by atoms with Gasteiger partial charge in [0.1, 0.15) is 17.2 Å². The Labute approximate surface area is 200 Å². The zero-order valence-corrected chi connectivity index (χ0v) is 18.8. The third-order valence-electron chi connectivity index (χ3n) is 5.55. The van der Waals surface area contributed by atoms with Crippen LogP contribution in [0.1, 0.15) is 39.5 Å². The number of rotatable bonds is 5. The van der Waals surface area contributed by atoms with Crippen molar-refractivity contribution in [1.82, 2.24) is 5.32 Å². The minimum atomic E-state index is -1.62. The highest BCUT2D eigenvalue weighted by Crippen LogP contribution is 2.37. The third kappa shape index (κ3) is 4.82. The van der Waals surface area contributed by atoms with E-state index in [1.807, 2.05) is 24.3 Å². The van der Waals surface area contributed by atoms with E-state index in [1.165, 1.54) is 35.9 Å². The molecular formula is C25H21ClN2O6. The molecule has 3 aromatic carbocycles. The molecule has 0 fully saturated rings. The van der Waals surface area contributed by atoms with Gasteiger partial charge in [-0.3, -0.25) is 9.59 Å². The summed E-state index contributed by atoms with van der Waals surface area (Å²) in [6, 6.07) is 14.9. The molecule has 3 aromatic rings. The van der Waals surface area contributed by atoms with Crippen molar-refractivity contribution < 1.29 is 29.3 Å². The van der Waals surface area contributed by atoms with E-state index >= 15 is 0 Å². The number of phenolic OH excluding ortho intramolecular Hbond substituents is 1. The number of carboxylic acid groups (broad SMARTS) is 1. The first-order chi connectivity index (χ1) is 16.2. The molecule has 4 rings (SSSR count). The SMILES string of the molecule is Cc1cc(NC(=O)C(=O)O)cc(Cl)c1Oc1ccc(O)c(C(=O)NC2CCc3ccccc32)c1. The molecule has 34 heavy (non-hydrogen) atoms. The van der Waals surface area contributed by atoms with Crippen LogP contribution < -0.4 is 15.4 Å². The minimum absolute atomic E-state index is 0.0565. The Morgan fingerprint density at radius 2 is 1.85 bits per heavy atom. The van der Waals surface area contributed by atoms with Crippen LogP contribution in [0.5, 0.6) is 17.2 Å². The van der Waals surface area contributed by atoms with E-state index in [9.17, 15) is 19.5 Å². The molecule has 1 aliphatic rings. The summed E-state index contributed by atoms with van der Waals surface area (Å²) in [6.07, 6.45) is 1.65. The molecule has 4 N–H and O–H groups in total. The van der Waals surface area contributed by atoms with Gasteiger partial charge in [0.25, 0.3) is 5.91 Å². The molecular weight excluding hydrogens is 460 g/mol. The number of anilines is 1. The number of carbonyl (C=O) groups excluding carboxylic acids is 2.